The van der Waals surface area contributed by atoms with Gasteiger partial charge in [0.25, 0.3) is 0 Å². The lowest BCUT2D eigenvalue weighted by molar-refractivity contribution is 1.93. The third-order valence-corrected chi connectivity index (χ3v) is 6.44. The first-order valence-corrected chi connectivity index (χ1v) is 9.60. The van der Waals surface area contributed by atoms with Crippen LogP contribution in [-0.4, -0.2) is 0 Å². The predicted octanol–water partition coefficient (Wildman–Crippen LogP) is 7.59. The number of hydrogen-bond acceptors (Lipinski definition) is 4. The van der Waals surface area contributed by atoms with Crippen LogP contribution in [0, 0.1) is 0 Å². The third kappa shape index (κ3) is 4.38. The van der Waals surface area contributed by atoms with Crippen molar-refractivity contribution in [1.29, 1.82) is 0 Å². The van der Waals surface area contributed by atoms with Gasteiger partial charge >= 0.3 is 0 Å². The van der Waals surface area contributed by atoms with Crippen molar-refractivity contribution in [1.82, 2.24) is 0 Å². The maximum Gasteiger partial charge on any atom is 0.0442 e. The standard InChI is InChI=1S/2C8H6S2.CH4/c2*1-3-7(9-5-1)8-4-2-6-10-8;/h2*1-6H;1H4. The highest BCUT2D eigenvalue weighted by Gasteiger charge is 1.97. The Hall–Kier alpha value is -1.20. The molecule has 0 aliphatic carbocycles. The molecule has 0 saturated carbocycles. The second kappa shape index (κ2) is 8.29. The fourth-order valence-electron chi connectivity index (χ4n) is 1.68. The maximum absolute atomic E-state index is 2.15. The summed E-state index contributed by atoms with van der Waals surface area (Å²) < 4.78 is 0. The van der Waals surface area contributed by atoms with E-state index in [0.717, 1.165) is 0 Å². The average molecular weight is 349 g/mol. The quantitative estimate of drug-likeness (QED) is 0.350. The molecule has 21 heavy (non-hydrogen) atoms. The first kappa shape index (κ1) is 16.2. The smallest absolute Gasteiger partial charge is 0.0442 e. The van der Waals surface area contributed by atoms with E-state index >= 15 is 0 Å². The van der Waals surface area contributed by atoms with Crippen LogP contribution in [0.25, 0.3) is 19.5 Å². The zero-order valence-electron chi connectivity index (χ0n) is 10.6. The molecule has 0 aliphatic rings. The largest absolute Gasteiger partial charge is 0.143 e. The van der Waals surface area contributed by atoms with Gasteiger partial charge in [0.05, 0.1) is 0 Å². The molecule has 0 unspecified atom stereocenters. The molecule has 4 heterocycles. The Morgan fingerprint density at radius 2 is 0.667 bits per heavy atom. The first-order chi connectivity index (χ1) is 9.93. The Morgan fingerprint density at radius 1 is 0.429 bits per heavy atom. The average Bonchev–Trinajstić information content (AvgIpc) is 3.29. The van der Waals surface area contributed by atoms with Crippen molar-refractivity contribution < 1.29 is 0 Å². The van der Waals surface area contributed by atoms with Crippen LogP contribution >= 0.6 is 45.3 Å². The van der Waals surface area contributed by atoms with E-state index in [4.69, 9.17) is 0 Å². The molecular formula is C17H16S4. The highest BCUT2D eigenvalue weighted by atomic mass is 32.1. The molecule has 0 N–H and O–H groups in total. The normalized spacial score (nSPS) is 9.52. The summed E-state index contributed by atoms with van der Waals surface area (Å²) in [7, 11) is 0. The van der Waals surface area contributed by atoms with Gasteiger partial charge < -0.3 is 0 Å². The lowest BCUT2D eigenvalue weighted by atomic mass is 10.4. The lowest BCUT2D eigenvalue weighted by Gasteiger charge is -1.84. The van der Waals surface area contributed by atoms with Crippen LogP contribution in [-0.2, 0) is 0 Å². The Labute approximate surface area is 142 Å². The molecule has 0 saturated heterocycles. The minimum Gasteiger partial charge on any atom is -0.143 e. The topological polar surface area (TPSA) is 0 Å². The summed E-state index contributed by atoms with van der Waals surface area (Å²) in [5, 5.41) is 8.42. The first-order valence-electron chi connectivity index (χ1n) is 6.08. The van der Waals surface area contributed by atoms with E-state index < -0.39 is 0 Å². The Balaban J connectivity index is 0.000000147. The highest BCUT2D eigenvalue weighted by molar-refractivity contribution is 7.20. The summed E-state index contributed by atoms with van der Waals surface area (Å²) in [5.74, 6) is 0. The van der Waals surface area contributed by atoms with Crippen molar-refractivity contribution in [3.63, 3.8) is 0 Å². The van der Waals surface area contributed by atoms with Crippen LogP contribution < -0.4 is 0 Å². The molecule has 0 fully saturated rings. The van der Waals surface area contributed by atoms with Crippen molar-refractivity contribution in [3.05, 3.63) is 70.1 Å². The number of thiophene rings is 4. The minimum atomic E-state index is 0. The zero-order chi connectivity index (χ0) is 13.6. The predicted molar refractivity (Wildman–Crippen MR) is 102 cm³/mol. The lowest BCUT2D eigenvalue weighted by Crippen LogP contribution is -1.55. The molecule has 0 aromatic carbocycles. The van der Waals surface area contributed by atoms with Crippen molar-refractivity contribution in [2.75, 3.05) is 0 Å². The van der Waals surface area contributed by atoms with Gasteiger partial charge in [0.15, 0.2) is 0 Å². The Bertz CT molecular complexity index is 558. The van der Waals surface area contributed by atoms with E-state index in [0.29, 0.717) is 0 Å². The van der Waals surface area contributed by atoms with Crippen molar-refractivity contribution in [3.8, 4) is 19.5 Å². The molecule has 0 nitrogen and oxygen atoms in total. The van der Waals surface area contributed by atoms with Gasteiger partial charge in [-0.05, 0) is 45.8 Å². The van der Waals surface area contributed by atoms with E-state index in [9.17, 15) is 0 Å². The maximum atomic E-state index is 2.15. The zero-order valence-corrected chi connectivity index (χ0v) is 13.8. The fraction of sp³-hybridized carbons (Fsp3) is 0.0588. The van der Waals surface area contributed by atoms with Gasteiger partial charge in [0.1, 0.15) is 0 Å². The monoisotopic (exact) mass is 348 g/mol. The summed E-state index contributed by atoms with van der Waals surface area (Å²) >= 11 is 7.16. The van der Waals surface area contributed by atoms with Crippen LogP contribution in [0.1, 0.15) is 7.43 Å². The molecule has 0 radical (unpaired) electrons. The molecule has 4 rings (SSSR count). The molecule has 4 heteroatoms. The molecule has 108 valence electrons. The molecule has 0 spiro atoms. The van der Waals surface area contributed by atoms with E-state index in [-0.39, 0.29) is 7.43 Å². The van der Waals surface area contributed by atoms with Crippen LogP contribution in [0.2, 0.25) is 0 Å². The summed E-state index contributed by atoms with van der Waals surface area (Å²) in [5.41, 5.74) is 0. The Kier molecular flexibility index (Phi) is 6.39. The Morgan fingerprint density at radius 3 is 0.810 bits per heavy atom. The van der Waals surface area contributed by atoms with Gasteiger partial charge in [-0.25, -0.2) is 0 Å². The molecule has 0 aliphatic heterocycles. The van der Waals surface area contributed by atoms with Gasteiger partial charge in [0, 0.05) is 19.5 Å². The number of rotatable bonds is 2. The van der Waals surface area contributed by atoms with E-state index in [1.165, 1.54) is 19.5 Å². The molecule has 0 bridgehead atoms. The second-order valence-electron chi connectivity index (χ2n) is 3.91. The molecule has 0 atom stereocenters. The summed E-state index contributed by atoms with van der Waals surface area (Å²) in [6, 6.07) is 16.9. The van der Waals surface area contributed by atoms with E-state index in [2.05, 4.69) is 70.1 Å². The molecule has 4 aromatic rings. The van der Waals surface area contributed by atoms with Crippen LogP contribution in [0.4, 0.5) is 0 Å². The molecule has 0 amide bonds. The fourth-order valence-corrected chi connectivity index (χ4v) is 4.83. The van der Waals surface area contributed by atoms with Crippen molar-refractivity contribution in [2.45, 2.75) is 7.43 Å². The second-order valence-corrected chi connectivity index (χ2v) is 7.70. The van der Waals surface area contributed by atoms with Gasteiger partial charge in [-0.15, -0.1) is 45.3 Å². The van der Waals surface area contributed by atoms with Crippen LogP contribution in [0.3, 0.4) is 0 Å². The minimum absolute atomic E-state index is 0. The summed E-state index contributed by atoms with van der Waals surface area (Å²) in [6.45, 7) is 0. The van der Waals surface area contributed by atoms with Crippen LogP contribution in [0.15, 0.2) is 70.1 Å². The molecule has 4 aromatic heterocycles. The molecular weight excluding hydrogens is 332 g/mol. The van der Waals surface area contributed by atoms with E-state index in [1.807, 2.05) is 0 Å². The van der Waals surface area contributed by atoms with Crippen LogP contribution in [0.5, 0.6) is 0 Å². The van der Waals surface area contributed by atoms with Gasteiger partial charge in [-0.1, -0.05) is 31.7 Å². The van der Waals surface area contributed by atoms with Gasteiger partial charge in [0.2, 0.25) is 0 Å². The van der Waals surface area contributed by atoms with Crippen molar-refractivity contribution in [2.24, 2.45) is 0 Å². The number of hydrogen-bond donors (Lipinski definition) is 0. The van der Waals surface area contributed by atoms with E-state index in [1.54, 1.807) is 45.3 Å². The van der Waals surface area contributed by atoms with Crippen molar-refractivity contribution >= 4 is 45.3 Å². The van der Waals surface area contributed by atoms with Gasteiger partial charge in [-0.2, -0.15) is 0 Å². The highest BCUT2D eigenvalue weighted by Crippen LogP contribution is 2.29. The van der Waals surface area contributed by atoms with Gasteiger partial charge in [-0.3, -0.25) is 0 Å². The summed E-state index contributed by atoms with van der Waals surface area (Å²) in [4.78, 5) is 5.48. The summed E-state index contributed by atoms with van der Waals surface area (Å²) in [6.07, 6.45) is 0. The SMILES string of the molecule is C.c1csc(-c2cccs2)c1.c1csc(-c2cccs2)c1. The third-order valence-electron chi connectivity index (χ3n) is 2.57.